The predicted molar refractivity (Wildman–Crippen MR) is 194 cm³/mol. The number of hydrogen-bond donors (Lipinski definition) is 4. The number of benzene rings is 2. The van der Waals surface area contributed by atoms with E-state index in [1.165, 1.54) is 17.3 Å². The van der Waals surface area contributed by atoms with Gasteiger partial charge in [0.25, 0.3) is 0 Å². The highest BCUT2D eigenvalue weighted by Gasteiger charge is 2.51. The van der Waals surface area contributed by atoms with Gasteiger partial charge in [0, 0.05) is 31.0 Å². The normalized spacial score (nSPS) is 21.1. The van der Waals surface area contributed by atoms with Gasteiger partial charge in [0.1, 0.15) is 6.10 Å². The van der Waals surface area contributed by atoms with Gasteiger partial charge in [0.2, 0.25) is 11.9 Å². The molecule has 0 radical (unpaired) electrons. The highest BCUT2D eigenvalue weighted by atomic mass is 19.4. The van der Waals surface area contributed by atoms with Gasteiger partial charge in [0.15, 0.2) is 23.1 Å². The smallest absolute Gasteiger partial charge is 0.451 e. The molecule has 4 atom stereocenters. The second kappa shape index (κ2) is 16.1. The van der Waals surface area contributed by atoms with Crippen LogP contribution in [-0.4, -0.2) is 98.6 Å². The zero-order chi connectivity index (χ0) is 37.8. The maximum atomic E-state index is 13.5. The van der Waals surface area contributed by atoms with Crippen LogP contribution >= 0.6 is 0 Å². The third-order valence-corrected chi connectivity index (χ3v) is 9.91. The van der Waals surface area contributed by atoms with Gasteiger partial charge in [-0.3, -0.25) is 4.79 Å². The first-order valence-corrected chi connectivity index (χ1v) is 18.1. The molecule has 2 aromatic heterocycles. The van der Waals surface area contributed by atoms with Crippen LogP contribution in [0.15, 0.2) is 67.0 Å². The standard InChI is InChI=1S/C38H47F3N8O4/c1-37(2,3)34(51)45-27-21-28(31(30(27)50)53-35(52)38(39,40)41)49-23-44-29-32(46-36(47-33(29)49)42-17-20-48-18-11-6-12-19-48)43-22-26(24-13-7-4-8-14-24)25-15-9-5-10-16-25/h4-5,7-10,13-16,23,26-28,30-31,50H,6,11-12,17-22H2,1-3H3,(H,45,51)(H2,42,43,46,47)/t27-,28+,30+,31-/m0/s1. The summed E-state index contributed by atoms with van der Waals surface area (Å²) in [5, 5.41) is 20.8. The van der Waals surface area contributed by atoms with Crippen molar-refractivity contribution in [3.8, 4) is 0 Å². The van der Waals surface area contributed by atoms with Crippen molar-refractivity contribution in [2.75, 3.05) is 43.4 Å². The molecule has 2 aromatic carbocycles. The lowest BCUT2D eigenvalue weighted by atomic mass is 9.91. The van der Waals surface area contributed by atoms with Gasteiger partial charge < -0.3 is 35.3 Å². The fourth-order valence-electron chi connectivity index (χ4n) is 7.00. The molecule has 2 aliphatic rings. The molecule has 6 rings (SSSR count). The molecule has 1 saturated heterocycles. The van der Waals surface area contributed by atoms with Crippen LogP contribution in [0.3, 0.4) is 0 Å². The molecule has 1 aliphatic carbocycles. The van der Waals surface area contributed by atoms with Crippen LogP contribution in [0.25, 0.3) is 11.2 Å². The number of aliphatic hydroxyl groups is 1. The molecule has 15 heteroatoms. The molecule has 1 saturated carbocycles. The Labute approximate surface area is 306 Å². The number of likely N-dealkylation sites (tertiary alicyclic amines) is 1. The van der Waals surface area contributed by atoms with Crippen LogP contribution in [0.5, 0.6) is 0 Å². The van der Waals surface area contributed by atoms with Crippen molar-refractivity contribution in [2.24, 2.45) is 5.41 Å². The van der Waals surface area contributed by atoms with Crippen molar-refractivity contribution < 1.29 is 32.6 Å². The summed E-state index contributed by atoms with van der Waals surface area (Å²) < 4.78 is 46.9. The van der Waals surface area contributed by atoms with Gasteiger partial charge in [-0.1, -0.05) is 87.9 Å². The van der Waals surface area contributed by atoms with Crippen LogP contribution < -0.4 is 16.0 Å². The lowest BCUT2D eigenvalue weighted by molar-refractivity contribution is -0.209. The number of rotatable bonds is 12. The van der Waals surface area contributed by atoms with Gasteiger partial charge in [0.05, 0.1) is 18.4 Å². The fourth-order valence-corrected chi connectivity index (χ4v) is 7.00. The van der Waals surface area contributed by atoms with Crippen LogP contribution in [0.2, 0.25) is 0 Å². The second-order valence-corrected chi connectivity index (χ2v) is 14.8. The Balaban J connectivity index is 1.36. The number of piperidine rings is 1. The third kappa shape index (κ3) is 9.07. The number of aliphatic hydroxyl groups excluding tert-OH is 1. The second-order valence-electron chi connectivity index (χ2n) is 14.8. The number of amides is 1. The summed E-state index contributed by atoms with van der Waals surface area (Å²) in [6.07, 6.45) is -3.78. The maximum absolute atomic E-state index is 13.5. The van der Waals surface area contributed by atoms with Crippen molar-refractivity contribution in [2.45, 2.75) is 82.8 Å². The van der Waals surface area contributed by atoms with Crippen molar-refractivity contribution >= 4 is 34.8 Å². The zero-order valence-corrected chi connectivity index (χ0v) is 30.1. The molecule has 2 fully saturated rings. The van der Waals surface area contributed by atoms with Crippen LogP contribution in [0.4, 0.5) is 24.9 Å². The molecular weight excluding hydrogens is 689 g/mol. The summed E-state index contributed by atoms with van der Waals surface area (Å²) in [5.41, 5.74) is 1.91. The highest BCUT2D eigenvalue weighted by molar-refractivity contribution is 5.85. The Hall–Kier alpha value is -4.76. The van der Waals surface area contributed by atoms with E-state index < -0.39 is 47.8 Å². The lowest BCUT2D eigenvalue weighted by Crippen LogP contribution is -2.48. The molecule has 284 valence electrons. The number of anilines is 2. The number of ether oxygens (including phenoxy) is 1. The molecule has 0 unspecified atom stereocenters. The minimum atomic E-state index is -5.30. The van der Waals surface area contributed by atoms with E-state index in [1.807, 2.05) is 36.4 Å². The number of aromatic nitrogens is 4. The van der Waals surface area contributed by atoms with Crippen LogP contribution in [0.1, 0.15) is 69.5 Å². The summed E-state index contributed by atoms with van der Waals surface area (Å²) in [4.78, 5) is 41.6. The van der Waals surface area contributed by atoms with E-state index in [1.54, 1.807) is 20.8 Å². The quantitative estimate of drug-likeness (QED) is 0.142. The Morgan fingerprint density at radius 3 is 2.19 bits per heavy atom. The molecular formula is C38H47F3N8O4. The van der Waals surface area contributed by atoms with Crippen molar-refractivity contribution in [1.29, 1.82) is 0 Å². The summed E-state index contributed by atoms with van der Waals surface area (Å²) in [6, 6.07) is 18.0. The Morgan fingerprint density at radius 2 is 1.58 bits per heavy atom. The minimum absolute atomic E-state index is 0.0567. The van der Waals surface area contributed by atoms with Gasteiger partial charge in [-0.25, -0.2) is 9.78 Å². The molecule has 53 heavy (non-hydrogen) atoms. The number of fused-ring (bicyclic) bond motifs is 1. The van der Waals surface area contributed by atoms with Gasteiger partial charge >= 0.3 is 12.1 Å². The minimum Gasteiger partial charge on any atom is -0.451 e. The summed E-state index contributed by atoms with van der Waals surface area (Å²) >= 11 is 0. The van der Waals surface area contributed by atoms with Gasteiger partial charge in [-0.15, -0.1) is 0 Å². The van der Waals surface area contributed by atoms with E-state index in [2.05, 4.69) is 50.1 Å². The summed E-state index contributed by atoms with van der Waals surface area (Å²) in [5.74, 6) is -2.26. The van der Waals surface area contributed by atoms with E-state index in [4.69, 9.17) is 14.7 Å². The lowest BCUT2D eigenvalue weighted by Gasteiger charge is -2.26. The molecule has 0 spiro atoms. The molecule has 4 aromatic rings. The first-order valence-electron chi connectivity index (χ1n) is 18.1. The van der Waals surface area contributed by atoms with E-state index in [0.717, 1.165) is 43.6 Å². The largest absolute Gasteiger partial charge is 0.490 e. The molecule has 4 N–H and O–H groups in total. The highest BCUT2D eigenvalue weighted by Crippen LogP contribution is 2.38. The van der Waals surface area contributed by atoms with Gasteiger partial charge in [-0.2, -0.15) is 23.1 Å². The molecule has 1 aliphatic heterocycles. The molecule has 1 amide bonds. The van der Waals surface area contributed by atoms with Crippen LogP contribution in [-0.2, 0) is 14.3 Å². The number of esters is 1. The molecule has 12 nitrogen and oxygen atoms in total. The number of halogens is 3. The van der Waals surface area contributed by atoms with Gasteiger partial charge in [-0.05, 0) is 43.5 Å². The number of nitrogens with zero attached hydrogens (tertiary/aromatic N) is 5. The predicted octanol–water partition coefficient (Wildman–Crippen LogP) is 5.28. The van der Waals surface area contributed by atoms with Crippen LogP contribution in [0, 0.1) is 5.41 Å². The third-order valence-electron chi connectivity index (χ3n) is 9.91. The average molecular weight is 737 g/mol. The Morgan fingerprint density at radius 1 is 0.943 bits per heavy atom. The van der Waals surface area contributed by atoms with Crippen molar-refractivity contribution in [1.82, 2.24) is 29.7 Å². The van der Waals surface area contributed by atoms with E-state index in [-0.39, 0.29) is 23.9 Å². The SMILES string of the molecule is CC(C)(C)C(=O)N[C@H]1C[C@@H](n2cnc3c(NCC(c4ccccc4)c4ccccc4)nc(NCCN4CCCCC4)nc32)[C@H](OC(=O)C(F)(F)F)[C@@H]1O. The number of carbonyl (C=O) groups excluding carboxylic acids is 2. The van der Waals surface area contributed by atoms with E-state index in [0.29, 0.717) is 24.4 Å². The number of imidazole rings is 1. The summed E-state index contributed by atoms with van der Waals surface area (Å²) in [6.45, 7) is 8.80. The first-order chi connectivity index (χ1) is 25.3. The number of alkyl halides is 3. The first kappa shape index (κ1) is 38.0. The maximum Gasteiger partial charge on any atom is 0.490 e. The number of carbonyl (C=O) groups is 2. The molecule has 3 heterocycles. The topological polar surface area (TPSA) is 147 Å². The van der Waals surface area contributed by atoms with Crippen molar-refractivity contribution in [3.05, 3.63) is 78.1 Å². The molecule has 0 bridgehead atoms. The fraction of sp³-hybridized carbons (Fsp3) is 0.500. The summed E-state index contributed by atoms with van der Waals surface area (Å²) in [7, 11) is 0. The Bertz CT molecular complexity index is 1810. The average Bonchev–Trinajstić information content (AvgIpc) is 3.69. The number of nitrogens with one attached hydrogen (secondary N) is 3. The van der Waals surface area contributed by atoms with E-state index in [9.17, 15) is 27.9 Å². The zero-order valence-electron chi connectivity index (χ0n) is 30.1. The Kier molecular flexibility index (Phi) is 11.5. The van der Waals surface area contributed by atoms with Crippen molar-refractivity contribution in [3.63, 3.8) is 0 Å². The number of hydrogen-bond acceptors (Lipinski definition) is 10. The van der Waals surface area contributed by atoms with E-state index >= 15 is 0 Å². The monoisotopic (exact) mass is 736 g/mol.